The van der Waals surface area contributed by atoms with Crippen LogP contribution in [0, 0.1) is 5.92 Å². The van der Waals surface area contributed by atoms with Crippen molar-refractivity contribution >= 4 is 17.5 Å². The number of amides is 1. The Hall–Kier alpha value is -2.37. The smallest absolute Gasteiger partial charge is 0.306 e. The third kappa shape index (κ3) is 2.36. The van der Waals surface area contributed by atoms with Crippen molar-refractivity contribution in [3.63, 3.8) is 0 Å². The van der Waals surface area contributed by atoms with Crippen molar-refractivity contribution in [2.75, 3.05) is 0 Å². The van der Waals surface area contributed by atoms with Crippen LogP contribution in [0.3, 0.4) is 0 Å². The highest BCUT2D eigenvalue weighted by molar-refractivity contribution is 5.94. The van der Waals surface area contributed by atoms with Crippen LogP contribution in [-0.2, 0) is 4.79 Å². The molecule has 2 aromatic rings. The second-order valence-corrected chi connectivity index (χ2v) is 5.13. The van der Waals surface area contributed by atoms with Crippen LogP contribution in [0.4, 0.5) is 0 Å². The largest absolute Gasteiger partial charge is 0.481 e. The number of hydrogen-bond donors (Lipinski definition) is 2. The summed E-state index contributed by atoms with van der Waals surface area (Å²) in [5.41, 5.74) is 1.34. The molecule has 1 aliphatic rings. The number of carboxylic acid groups (broad SMARTS) is 1. The van der Waals surface area contributed by atoms with Gasteiger partial charge in [-0.1, -0.05) is 0 Å². The van der Waals surface area contributed by atoms with E-state index in [2.05, 4.69) is 10.3 Å². The summed E-state index contributed by atoms with van der Waals surface area (Å²) >= 11 is 0. The number of nitrogens with one attached hydrogen (secondary N) is 1. The minimum atomic E-state index is -0.776. The first-order valence-corrected chi connectivity index (χ1v) is 6.60. The Morgan fingerprint density at radius 2 is 2.20 bits per heavy atom. The van der Waals surface area contributed by atoms with Crippen LogP contribution in [0.1, 0.15) is 29.6 Å². The van der Waals surface area contributed by atoms with Crippen molar-refractivity contribution in [1.29, 1.82) is 0 Å². The average Bonchev–Trinajstić information content (AvgIpc) is 3.05. The van der Waals surface area contributed by atoms with Crippen molar-refractivity contribution in [3.05, 3.63) is 36.3 Å². The number of carboxylic acids is 1. The van der Waals surface area contributed by atoms with Crippen LogP contribution < -0.4 is 5.32 Å². The third-order valence-corrected chi connectivity index (χ3v) is 3.77. The van der Waals surface area contributed by atoms with Crippen LogP contribution in [0.25, 0.3) is 5.65 Å². The van der Waals surface area contributed by atoms with Gasteiger partial charge in [0.15, 0.2) is 0 Å². The van der Waals surface area contributed by atoms with Gasteiger partial charge in [-0.25, -0.2) is 4.98 Å². The van der Waals surface area contributed by atoms with Crippen LogP contribution >= 0.6 is 0 Å². The normalized spacial score (nSPS) is 22.0. The Morgan fingerprint density at radius 3 is 2.95 bits per heavy atom. The molecule has 2 atom stereocenters. The fraction of sp³-hybridized carbons (Fsp3) is 0.357. The molecule has 1 aliphatic carbocycles. The van der Waals surface area contributed by atoms with Crippen LogP contribution in [0.2, 0.25) is 0 Å². The van der Waals surface area contributed by atoms with E-state index in [1.54, 1.807) is 35.1 Å². The molecule has 0 aromatic carbocycles. The van der Waals surface area contributed by atoms with E-state index >= 15 is 0 Å². The van der Waals surface area contributed by atoms with E-state index < -0.39 is 5.97 Å². The zero-order valence-electron chi connectivity index (χ0n) is 10.8. The number of nitrogens with zero attached hydrogens (tertiary/aromatic N) is 2. The summed E-state index contributed by atoms with van der Waals surface area (Å²) in [4.78, 5) is 27.2. The van der Waals surface area contributed by atoms with E-state index in [-0.39, 0.29) is 17.9 Å². The number of carbonyl (C=O) groups excluding carboxylic acids is 1. The molecular weight excluding hydrogens is 258 g/mol. The van der Waals surface area contributed by atoms with E-state index in [9.17, 15) is 9.59 Å². The molecular formula is C14H15N3O3. The van der Waals surface area contributed by atoms with Gasteiger partial charge in [0.25, 0.3) is 5.91 Å². The highest BCUT2D eigenvalue weighted by Crippen LogP contribution is 2.25. The number of fused-ring (bicyclic) bond motifs is 1. The lowest BCUT2D eigenvalue weighted by atomic mass is 10.1. The predicted molar refractivity (Wildman–Crippen MR) is 71.4 cm³/mol. The fourth-order valence-electron chi connectivity index (χ4n) is 2.66. The molecule has 1 saturated carbocycles. The molecule has 20 heavy (non-hydrogen) atoms. The van der Waals surface area contributed by atoms with Crippen molar-refractivity contribution in [2.45, 2.75) is 25.3 Å². The molecule has 0 spiro atoms. The number of pyridine rings is 1. The second-order valence-electron chi connectivity index (χ2n) is 5.13. The summed E-state index contributed by atoms with van der Waals surface area (Å²) in [6.07, 6.45) is 7.03. The molecule has 0 radical (unpaired) electrons. The lowest BCUT2D eigenvalue weighted by Crippen LogP contribution is -2.33. The summed E-state index contributed by atoms with van der Waals surface area (Å²) < 4.78 is 1.78. The summed E-state index contributed by atoms with van der Waals surface area (Å²) in [6.45, 7) is 0. The van der Waals surface area contributed by atoms with Crippen molar-refractivity contribution in [1.82, 2.24) is 14.7 Å². The molecule has 104 valence electrons. The number of aliphatic carboxylic acids is 1. The monoisotopic (exact) mass is 273 g/mol. The maximum Gasteiger partial charge on any atom is 0.306 e. The number of hydrogen-bond acceptors (Lipinski definition) is 3. The molecule has 6 heteroatoms. The highest BCUT2D eigenvalue weighted by Gasteiger charge is 2.30. The Balaban J connectivity index is 1.68. The van der Waals surface area contributed by atoms with Gasteiger partial charge in [-0.05, 0) is 31.4 Å². The van der Waals surface area contributed by atoms with Crippen LogP contribution in [0.15, 0.2) is 30.7 Å². The molecule has 3 rings (SSSR count). The van der Waals surface area contributed by atoms with Crippen molar-refractivity contribution in [3.8, 4) is 0 Å². The first-order chi connectivity index (χ1) is 9.63. The van der Waals surface area contributed by atoms with Crippen molar-refractivity contribution < 1.29 is 14.7 Å². The Kier molecular flexibility index (Phi) is 3.14. The standard InChI is InChI=1S/C14H15N3O3/c18-13(16-11-3-1-9(7-11)14(19)20)10-2-4-12-15-5-6-17(12)8-10/h2,4-6,8-9,11H,1,3,7H2,(H,16,18)(H,19,20)/t9-,11+/m1/s1. The number of rotatable bonds is 3. The highest BCUT2D eigenvalue weighted by atomic mass is 16.4. The minimum Gasteiger partial charge on any atom is -0.481 e. The van der Waals surface area contributed by atoms with Gasteiger partial charge >= 0.3 is 5.97 Å². The number of carbonyl (C=O) groups is 2. The lowest BCUT2D eigenvalue weighted by Gasteiger charge is -2.12. The molecule has 2 N–H and O–H groups in total. The minimum absolute atomic E-state index is 0.0536. The van der Waals surface area contributed by atoms with Gasteiger partial charge in [0, 0.05) is 24.6 Å². The summed E-state index contributed by atoms with van der Waals surface area (Å²) in [6, 6.07) is 3.45. The molecule has 0 bridgehead atoms. The predicted octanol–water partition coefficient (Wildman–Crippen LogP) is 1.32. The quantitative estimate of drug-likeness (QED) is 0.883. The van der Waals surface area contributed by atoms with Gasteiger partial charge < -0.3 is 14.8 Å². The molecule has 0 saturated heterocycles. The number of aromatic nitrogens is 2. The Bertz CT molecular complexity index is 664. The summed E-state index contributed by atoms with van der Waals surface area (Å²) in [5.74, 6) is -1.28. The van der Waals surface area contributed by atoms with Gasteiger partial charge in [-0.15, -0.1) is 0 Å². The zero-order chi connectivity index (χ0) is 14.1. The van der Waals surface area contributed by atoms with Crippen molar-refractivity contribution in [2.24, 2.45) is 5.92 Å². The van der Waals surface area contributed by atoms with E-state index in [0.29, 0.717) is 18.4 Å². The maximum atomic E-state index is 12.2. The topological polar surface area (TPSA) is 83.7 Å². The second kappa shape index (κ2) is 4.96. The molecule has 0 unspecified atom stereocenters. The molecule has 0 aliphatic heterocycles. The Morgan fingerprint density at radius 1 is 1.35 bits per heavy atom. The first kappa shape index (κ1) is 12.7. The van der Waals surface area contributed by atoms with Gasteiger partial charge in [0.1, 0.15) is 5.65 Å². The van der Waals surface area contributed by atoms with Crippen LogP contribution in [0.5, 0.6) is 0 Å². The van der Waals surface area contributed by atoms with E-state index in [1.165, 1.54) is 0 Å². The SMILES string of the molecule is O=C(N[C@H]1CC[C@@H](C(=O)O)C1)c1ccc2nccn2c1. The molecule has 2 aromatic heterocycles. The lowest BCUT2D eigenvalue weighted by molar-refractivity contribution is -0.141. The molecule has 1 fully saturated rings. The van der Waals surface area contributed by atoms with Gasteiger partial charge in [-0.3, -0.25) is 9.59 Å². The average molecular weight is 273 g/mol. The third-order valence-electron chi connectivity index (χ3n) is 3.77. The van der Waals surface area contributed by atoms with E-state index in [1.807, 2.05) is 0 Å². The van der Waals surface area contributed by atoms with E-state index in [4.69, 9.17) is 5.11 Å². The maximum absolute atomic E-state index is 12.2. The first-order valence-electron chi connectivity index (χ1n) is 6.60. The number of imidazole rings is 1. The van der Waals surface area contributed by atoms with Gasteiger partial charge in [0.05, 0.1) is 11.5 Å². The molecule has 6 nitrogen and oxygen atoms in total. The summed E-state index contributed by atoms with van der Waals surface area (Å²) in [5, 5.41) is 11.9. The van der Waals surface area contributed by atoms with E-state index in [0.717, 1.165) is 12.1 Å². The zero-order valence-corrected chi connectivity index (χ0v) is 10.8. The Labute approximate surface area is 115 Å². The van der Waals surface area contributed by atoms with Gasteiger partial charge in [0.2, 0.25) is 0 Å². The molecule has 2 heterocycles. The summed E-state index contributed by atoms with van der Waals surface area (Å²) in [7, 11) is 0. The fourth-order valence-corrected chi connectivity index (χ4v) is 2.66. The van der Waals surface area contributed by atoms with Gasteiger partial charge in [-0.2, -0.15) is 0 Å². The van der Waals surface area contributed by atoms with Crippen LogP contribution in [-0.4, -0.2) is 32.4 Å². The molecule has 1 amide bonds.